The second kappa shape index (κ2) is 10.3. The van der Waals surface area contributed by atoms with Gasteiger partial charge in [-0.1, -0.05) is 17.7 Å². The Hall–Kier alpha value is -4.32. The minimum Gasteiger partial charge on any atom is -0.318 e. The average molecular weight is 582 g/mol. The fourth-order valence-electron chi connectivity index (χ4n) is 5.20. The van der Waals surface area contributed by atoms with Gasteiger partial charge in [0.05, 0.1) is 58.6 Å². The van der Waals surface area contributed by atoms with E-state index in [-0.39, 0.29) is 34.3 Å². The Labute approximate surface area is 237 Å². The molecule has 9 nitrogen and oxygen atoms in total. The molecule has 4 aromatic rings. The van der Waals surface area contributed by atoms with Crippen LogP contribution in [0.15, 0.2) is 49.2 Å². The summed E-state index contributed by atoms with van der Waals surface area (Å²) in [6.45, 7) is 4.55. The van der Waals surface area contributed by atoms with Crippen molar-refractivity contribution in [1.29, 1.82) is 0 Å². The van der Waals surface area contributed by atoms with Crippen molar-refractivity contribution in [1.82, 2.24) is 24.7 Å². The number of nitrogens with one attached hydrogen (secondary N) is 1. The fraction of sp³-hybridized carbons (Fsp3) is 0.286. The molecular formula is C28H23ClF3N7O2. The largest absolute Gasteiger partial charge is 0.318 e. The molecule has 3 atom stereocenters. The van der Waals surface area contributed by atoms with Crippen LogP contribution in [0.2, 0.25) is 5.02 Å². The van der Waals surface area contributed by atoms with Crippen molar-refractivity contribution in [2.45, 2.75) is 32.7 Å². The molecule has 4 heterocycles. The zero-order valence-electron chi connectivity index (χ0n) is 21.9. The molecule has 41 heavy (non-hydrogen) atoms. The number of benzene rings is 1. The van der Waals surface area contributed by atoms with Crippen LogP contribution in [-0.4, -0.2) is 43.1 Å². The maximum absolute atomic E-state index is 14.7. The van der Waals surface area contributed by atoms with Gasteiger partial charge in [-0.2, -0.15) is 5.10 Å². The number of carbonyl (C=O) groups is 2. The number of fused-ring (bicyclic) bond motifs is 1. The van der Waals surface area contributed by atoms with Crippen LogP contribution in [-0.2, 0) is 4.79 Å². The van der Waals surface area contributed by atoms with Gasteiger partial charge in [-0.05, 0) is 43.9 Å². The number of amides is 2. The maximum Gasteiger partial charge on any atom is 0.275 e. The van der Waals surface area contributed by atoms with Crippen molar-refractivity contribution < 1.29 is 22.8 Å². The molecule has 0 spiro atoms. The summed E-state index contributed by atoms with van der Waals surface area (Å²) in [7, 11) is 0. The molecule has 13 heteroatoms. The number of carbonyl (C=O) groups excluding carboxylic acids is 2. The van der Waals surface area contributed by atoms with Gasteiger partial charge in [0.15, 0.2) is 5.82 Å². The quantitative estimate of drug-likeness (QED) is 0.304. The Morgan fingerprint density at radius 1 is 1.20 bits per heavy atom. The third-order valence-electron chi connectivity index (χ3n) is 7.48. The van der Waals surface area contributed by atoms with Gasteiger partial charge >= 0.3 is 0 Å². The minimum atomic E-state index is -2.99. The molecule has 0 bridgehead atoms. The van der Waals surface area contributed by atoms with Crippen LogP contribution >= 0.6 is 11.6 Å². The third kappa shape index (κ3) is 4.92. The first-order chi connectivity index (χ1) is 19.6. The molecule has 6 rings (SSSR count). The number of anilines is 2. The van der Waals surface area contributed by atoms with Crippen LogP contribution in [0.3, 0.4) is 0 Å². The predicted octanol–water partition coefficient (Wildman–Crippen LogP) is 5.62. The maximum atomic E-state index is 14.7. The van der Waals surface area contributed by atoms with Crippen molar-refractivity contribution in [3.05, 3.63) is 82.5 Å². The number of aryl methyl sites for hydroxylation is 1. The average Bonchev–Trinajstić information content (AvgIpc) is 3.45. The Bertz CT molecular complexity index is 1700. The van der Waals surface area contributed by atoms with Crippen molar-refractivity contribution >= 4 is 34.8 Å². The molecule has 3 aromatic heterocycles. The number of alkyl halides is 2. The second-order valence-corrected chi connectivity index (χ2v) is 10.6. The second-order valence-electron chi connectivity index (χ2n) is 10.2. The molecule has 0 radical (unpaired) electrons. The zero-order valence-corrected chi connectivity index (χ0v) is 22.6. The molecule has 210 valence electrons. The first-order valence-electron chi connectivity index (χ1n) is 12.8. The van der Waals surface area contributed by atoms with Gasteiger partial charge in [-0.3, -0.25) is 24.2 Å². The number of hydrogen-bond donors (Lipinski definition) is 1. The predicted molar refractivity (Wildman–Crippen MR) is 144 cm³/mol. The van der Waals surface area contributed by atoms with Gasteiger partial charge in [-0.25, -0.2) is 18.2 Å². The van der Waals surface area contributed by atoms with E-state index >= 15 is 0 Å². The fourth-order valence-corrected chi connectivity index (χ4v) is 5.36. The normalized spacial score (nSPS) is 18.5. The Morgan fingerprint density at radius 3 is 2.71 bits per heavy atom. The van der Waals surface area contributed by atoms with E-state index in [0.29, 0.717) is 11.6 Å². The van der Waals surface area contributed by atoms with Crippen LogP contribution in [0.25, 0.3) is 11.3 Å². The lowest BCUT2D eigenvalue weighted by atomic mass is 10.0. The van der Waals surface area contributed by atoms with E-state index in [1.54, 1.807) is 22.0 Å². The number of rotatable bonds is 7. The Kier molecular flexibility index (Phi) is 6.72. The molecule has 1 saturated heterocycles. The summed E-state index contributed by atoms with van der Waals surface area (Å²) in [4.78, 5) is 39.7. The van der Waals surface area contributed by atoms with Crippen molar-refractivity contribution in [2.24, 2.45) is 11.8 Å². The number of nitrogens with zero attached hydrogens (tertiary/aromatic N) is 6. The van der Waals surface area contributed by atoms with Crippen molar-refractivity contribution in [3.8, 4) is 11.3 Å². The highest BCUT2D eigenvalue weighted by atomic mass is 35.5. The molecule has 2 fully saturated rings. The van der Waals surface area contributed by atoms with E-state index in [1.165, 1.54) is 6.20 Å². The highest BCUT2D eigenvalue weighted by Gasteiger charge is 2.52. The molecule has 1 aliphatic carbocycles. The summed E-state index contributed by atoms with van der Waals surface area (Å²) < 4.78 is 43.4. The van der Waals surface area contributed by atoms with Crippen LogP contribution in [0, 0.1) is 24.6 Å². The summed E-state index contributed by atoms with van der Waals surface area (Å²) in [6, 6.07) is 3.70. The molecule has 1 aromatic carbocycles. The van der Waals surface area contributed by atoms with Gasteiger partial charge < -0.3 is 10.2 Å². The van der Waals surface area contributed by atoms with Crippen molar-refractivity contribution in [2.75, 3.05) is 16.8 Å². The number of halogens is 4. The standard InChI is InChI=1S/C28H23ClF3N7O2/c1-13-5-17(38-11-15-6-19(15)28(38)41)8-34-25(13)14(2)39-12-16(7-35-39)36-27(40)22-10-33-9-21(37-22)23-18(26(31)32)3-4-20(29)24(23)30/h3-5,7-10,12,14-15,19,26H,6,11H2,1-2H3,(H,36,40)/t14-,15+,19+/m0/s1. The van der Waals surface area contributed by atoms with Crippen LogP contribution in [0.4, 0.5) is 24.5 Å². The Balaban J connectivity index is 1.18. The van der Waals surface area contributed by atoms with Gasteiger partial charge in [0, 0.05) is 29.8 Å². The molecule has 1 N–H and O–H groups in total. The number of pyridine rings is 1. The molecule has 2 aliphatic rings. The lowest BCUT2D eigenvalue weighted by molar-refractivity contribution is -0.118. The summed E-state index contributed by atoms with van der Waals surface area (Å²) in [5.74, 6) is -0.993. The SMILES string of the molecule is Cc1cc(N2C[C@H]3C[C@H]3C2=O)cnc1[C@H](C)n1cc(NC(=O)c2cncc(-c3c(C(F)F)ccc(Cl)c3F)n2)cn1. The van der Waals surface area contributed by atoms with Crippen LogP contribution < -0.4 is 10.2 Å². The molecule has 2 amide bonds. The highest BCUT2D eigenvalue weighted by molar-refractivity contribution is 6.31. The summed E-state index contributed by atoms with van der Waals surface area (Å²) in [5, 5.41) is 6.62. The van der Waals surface area contributed by atoms with Crippen LogP contribution in [0.5, 0.6) is 0 Å². The van der Waals surface area contributed by atoms with E-state index in [4.69, 9.17) is 11.6 Å². The zero-order chi connectivity index (χ0) is 29.0. The first kappa shape index (κ1) is 26.9. The van der Waals surface area contributed by atoms with Gasteiger partial charge in [0.1, 0.15) is 5.69 Å². The van der Waals surface area contributed by atoms with E-state index in [9.17, 15) is 22.8 Å². The van der Waals surface area contributed by atoms with E-state index < -0.39 is 29.3 Å². The van der Waals surface area contributed by atoms with Gasteiger partial charge in [0.25, 0.3) is 12.3 Å². The number of hydrogen-bond acceptors (Lipinski definition) is 6. The first-order valence-corrected chi connectivity index (χ1v) is 13.2. The molecule has 1 saturated carbocycles. The lowest BCUT2D eigenvalue weighted by Crippen LogP contribution is -2.28. The summed E-state index contributed by atoms with van der Waals surface area (Å²) in [5.41, 5.74) is 1.17. The van der Waals surface area contributed by atoms with E-state index in [0.717, 1.165) is 54.4 Å². The molecule has 0 unspecified atom stereocenters. The van der Waals surface area contributed by atoms with E-state index in [1.807, 2.05) is 19.9 Å². The lowest BCUT2D eigenvalue weighted by Gasteiger charge is -2.21. The minimum absolute atomic E-state index is 0.159. The number of aromatic nitrogens is 5. The third-order valence-corrected chi connectivity index (χ3v) is 7.77. The van der Waals surface area contributed by atoms with E-state index in [2.05, 4.69) is 25.4 Å². The summed E-state index contributed by atoms with van der Waals surface area (Å²) >= 11 is 5.81. The van der Waals surface area contributed by atoms with Gasteiger partial charge in [0.2, 0.25) is 5.91 Å². The smallest absolute Gasteiger partial charge is 0.275 e. The van der Waals surface area contributed by atoms with Crippen LogP contribution in [0.1, 0.15) is 53.1 Å². The number of piperidine rings is 1. The topological polar surface area (TPSA) is 106 Å². The molecule has 1 aliphatic heterocycles. The van der Waals surface area contributed by atoms with Gasteiger partial charge in [-0.15, -0.1) is 0 Å². The summed E-state index contributed by atoms with van der Waals surface area (Å²) in [6.07, 6.45) is 4.95. The highest BCUT2D eigenvalue weighted by Crippen LogP contribution is 2.47. The van der Waals surface area contributed by atoms with Crippen molar-refractivity contribution in [3.63, 3.8) is 0 Å². The monoisotopic (exact) mass is 581 g/mol. The molecular weight excluding hydrogens is 559 g/mol. The Morgan fingerprint density at radius 2 is 2.00 bits per heavy atom.